The first-order chi connectivity index (χ1) is 11.3. The van der Waals surface area contributed by atoms with E-state index in [0.29, 0.717) is 36.4 Å². The van der Waals surface area contributed by atoms with Gasteiger partial charge in [-0.2, -0.15) is 0 Å². The van der Waals surface area contributed by atoms with Gasteiger partial charge in [-0.05, 0) is 69.1 Å². The van der Waals surface area contributed by atoms with Crippen LogP contribution in [0.5, 0.6) is 0 Å². The maximum absolute atomic E-state index is 13.0. The Kier molecular flexibility index (Phi) is 4.65. The summed E-state index contributed by atoms with van der Waals surface area (Å²) in [6, 6.07) is 0. The second-order valence-electron chi connectivity index (χ2n) is 8.81. The molecule has 3 aliphatic rings. The van der Waals surface area contributed by atoms with E-state index < -0.39 is 5.41 Å². The van der Waals surface area contributed by atoms with E-state index >= 15 is 0 Å². The first kappa shape index (κ1) is 17.7. The number of carbonyl (C=O) groups is 2. The molecular weight excluding hydrogens is 300 g/mol. The third-order valence-corrected chi connectivity index (χ3v) is 7.36. The van der Waals surface area contributed by atoms with Gasteiger partial charge in [-0.25, -0.2) is 0 Å². The second-order valence-corrected chi connectivity index (χ2v) is 8.81. The predicted molar refractivity (Wildman–Crippen MR) is 94.3 cm³/mol. The van der Waals surface area contributed by atoms with Crippen molar-refractivity contribution in [2.24, 2.45) is 40.9 Å². The average Bonchev–Trinajstić information content (AvgIpc) is 2.53. The third kappa shape index (κ3) is 2.46. The number of ether oxygens (including phenoxy) is 1. The van der Waals surface area contributed by atoms with Crippen molar-refractivity contribution in [3.05, 3.63) is 11.6 Å². The molecule has 0 spiro atoms. The summed E-state index contributed by atoms with van der Waals surface area (Å²) in [6.07, 6.45) is 6.82. The van der Waals surface area contributed by atoms with E-state index in [1.54, 1.807) is 0 Å². The fourth-order valence-corrected chi connectivity index (χ4v) is 6.41. The summed E-state index contributed by atoms with van der Waals surface area (Å²) < 4.78 is 5.31. The van der Waals surface area contributed by atoms with Crippen molar-refractivity contribution < 1.29 is 14.3 Å². The molecular formula is C21H32O3. The Labute approximate surface area is 146 Å². The maximum atomic E-state index is 13.0. The van der Waals surface area contributed by atoms with E-state index in [2.05, 4.69) is 33.8 Å². The normalized spacial score (nSPS) is 44.5. The van der Waals surface area contributed by atoms with Gasteiger partial charge in [0.2, 0.25) is 0 Å². The van der Waals surface area contributed by atoms with Crippen LogP contribution < -0.4 is 0 Å². The molecule has 0 unspecified atom stereocenters. The summed E-state index contributed by atoms with van der Waals surface area (Å²) >= 11 is 0. The van der Waals surface area contributed by atoms with Crippen LogP contribution in [0.2, 0.25) is 0 Å². The van der Waals surface area contributed by atoms with Crippen LogP contribution in [0.25, 0.3) is 0 Å². The van der Waals surface area contributed by atoms with E-state index in [1.165, 1.54) is 12.7 Å². The quantitative estimate of drug-likeness (QED) is 0.556. The zero-order valence-corrected chi connectivity index (χ0v) is 15.8. The molecule has 0 amide bonds. The Morgan fingerprint density at radius 3 is 2.58 bits per heavy atom. The SMILES string of the molecule is COC(=O)[C@]12CCC(=O)[C@@H]3[C@@H]1[C@H](CC[C@@H]2C)[C@@H](C)C[C@H]3C=C(C)C. The summed E-state index contributed by atoms with van der Waals surface area (Å²) in [6.45, 7) is 8.75. The number of hydrogen-bond acceptors (Lipinski definition) is 3. The standard InChI is InChI=1S/C21H32O3/c1-12(2)10-15-11-13(3)16-7-6-14(4)21(20(23)24-5)9-8-17(22)18(15)19(16)21/h10,13-16,18-19H,6-9,11H2,1-5H3/t13-,14-,15+,16+,18+,19-,21-/m0/s1. The van der Waals surface area contributed by atoms with Crippen molar-refractivity contribution in [2.45, 2.75) is 59.8 Å². The van der Waals surface area contributed by atoms with Gasteiger partial charge in [-0.3, -0.25) is 9.59 Å². The smallest absolute Gasteiger partial charge is 0.312 e. The molecule has 3 heteroatoms. The number of Topliss-reactive ketones (excluding diaryl/α,β-unsaturated/α-hetero) is 1. The van der Waals surface area contributed by atoms with E-state index in [-0.39, 0.29) is 23.7 Å². The summed E-state index contributed by atoms with van der Waals surface area (Å²) in [5.74, 6) is 2.13. The molecule has 24 heavy (non-hydrogen) atoms. The molecule has 0 aromatic rings. The van der Waals surface area contributed by atoms with Gasteiger partial charge in [0, 0.05) is 12.3 Å². The third-order valence-electron chi connectivity index (χ3n) is 7.36. The van der Waals surface area contributed by atoms with Crippen molar-refractivity contribution in [1.29, 1.82) is 0 Å². The van der Waals surface area contributed by atoms with E-state index in [4.69, 9.17) is 4.74 Å². The van der Waals surface area contributed by atoms with Crippen molar-refractivity contribution in [3.63, 3.8) is 0 Å². The van der Waals surface area contributed by atoms with Crippen molar-refractivity contribution >= 4 is 11.8 Å². The van der Waals surface area contributed by atoms with Crippen LogP contribution in [0.15, 0.2) is 11.6 Å². The highest BCUT2D eigenvalue weighted by Crippen LogP contribution is 2.63. The molecule has 0 N–H and O–H groups in total. The Bertz CT molecular complexity index is 559. The van der Waals surface area contributed by atoms with Gasteiger partial charge in [0.15, 0.2) is 0 Å². The number of hydrogen-bond donors (Lipinski definition) is 0. The lowest BCUT2D eigenvalue weighted by Crippen LogP contribution is -2.61. The summed E-state index contributed by atoms with van der Waals surface area (Å²) in [5.41, 5.74) is 0.829. The van der Waals surface area contributed by atoms with Gasteiger partial charge in [0.25, 0.3) is 0 Å². The van der Waals surface area contributed by atoms with Crippen molar-refractivity contribution in [3.8, 4) is 0 Å². The fourth-order valence-electron chi connectivity index (χ4n) is 6.41. The zero-order chi connectivity index (χ0) is 17.6. The van der Waals surface area contributed by atoms with Crippen LogP contribution in [-0.2, 0) is 14.3 Å². The Morgan fingerprint density at radius 2 is 1.96 bits per heavy atom. The van der Waals surface area contributed by atoms with Crippen LogP contribution in [-0.4, -0.2) is 18.9 Å². The lowest BCUT2D eigenvalue weighted by molar-refractivity contribution is -0.187. The predicted octanol–water partition coefficient (Wildman–Crippen LogP) is 4.41. The minimum absolute atomic E-state index is 0.0108. The number of ketones is 1. The summed E-state index contributed by atoms with van der Waals surface area (Å²) in [4.78, 5) is 25.9. The van der Waals surface area contributed by atoms with Gasteiger partial charge < -0.3 is 4.74 Å². The number of esters is 1. The molecule has 134 valence electrons. The number of allylic oxidation sites excluding steroid dienone is 2. The molecule has 0 radical (unpaired) electrons. The molecule has 7 atom stereocenters. The summed E-state index contributed by atoms with van der Waals surface area (Å²) in [5, 5.41) is 0. The van der Waals surface area contributed by atoms with E-state index in [0.717, 1.165) is 19.3 Å². The van der Waals surface area contributed by atoms with Crippen LogP contribution in [0.3, 0.4) is 0 Å². The zero-order valence-electron chi connectivity index (χ0n) is 15.8. The Hall–Kier alpha value is -1.12. The van der Waals surface area contributed by atoms with Crippen LogP contribution in [0.1, 0.15) is 59.8 Å². The molecule has 3 aliphatic carbocycles. The van der Waals surface area contributed by atoms with Gasteiger partial charge in [-0.1, -0.05) is 25.5 Å². The lowest BCUT2D eigenvalue weighted by Gasteiger charge is -2.60. The molecule has 3 saturated carbocycles. The molecule has 0 aromatic carbocycles. The second kappa shape index (κ2) is 6.31. The first-order valence-corrected chi connectivity index (χ1v) is 9.59. The van der Waals surface area contributed by atoms with Crippen LogP contribution in [0, 0.1) is 40.9 Å². The Morgan fingerprint density at radius 1 is 1.25 bits per heavy atom. The highest BCUT2D eigenvalue weighted by atomic mass is 16.5. The molecule has 0 aliphatic heterocycles. The van der Waals surface area contributed by atoms with Crippen molar-refractivity contribution in [2.75, 3.05) is 7.11 Å². The largest absolute Gasteiger partial charge is 0.469 e. The highest BCUT2D eigenvalue weighted by Gasteiger charge is 2.64. The highest BCUT2D eigenvalue weighted by molar-refractivity contribution is 5.88. The number of rotatable bonds is 2. The van der Waals surface area contributed by atoms with Gasteiger partial charge in [-0.15, -0.1) is 0 Å². The maximum Gasteiger partial charge on any atom is 0.312 e. The van der Waals surface area contributed by atoms with Gasteiger partial charge >= 0.3 is 5.97 Å². The molecule has 3 fully saturated rings. The average molecular weight is 332 g/mol. The van der Waals surface area contributed by atoms with E-state index in [1.807, 2.05) is 0 Å². The minimum Gasteiger partial charge on any atom is -0.469 e. The molecule has 3 rings (SSSR count). The first-order valence-electron chi connectivity index (χ1n) is 9.59. The van der Waals surface area contributed by atoms with Crippen LogP contribution in [0.4, 0.5) is 0 Å². The summed E-state index contributed by atoms with van der Waals surface area (Å²) in [7, 11) is 1.51. The van der Waals surface area contributed by atoms with Crippen LogP contribution >= 0.6 is 0 Å². The number of methoxy groups -OCH3 is 1. The number of carbonyl (C=O) groups excluding carboxylic acids is 2. The monoisotopic (exact) mass is 332 g/mol. The van der Waals surface area contributed by atoms with Crippen molar-refractivity contribution in [1.82, 2.24) is 0 Å². The van der Waals surface area contributed by atoms with E-state index in [9.17, 15) is 9.59 Å². The lowest BCUT2D eigenvalue weighted by atomic mass is 9.42. The Balaban J connectivity index is 2.12. The van der Waals surface area contributed by atoms with Gasteiger partial charge in [0.1, 0.15) is 5.78 Å². The molecule has 0 bridgehead atoms. The topological polar surface area (TPSA) is 43.4 Å². The molecule has 0 saturated heterocycles. The molecule has 0 aromatic heterocycles. The minimum atomic E-state index is -0.446. The van der Waals surface area contributed by atoms with Gasteiger partial charge in [0.05, 0.1) is 12.5 Å². The fraction of sp³-hybridized carbons (Fsp3) is 0.810. The molecule has 3 nitrogen and oxygen atoms in total. The molecule has 0 heterocycles.